The van der Waals surface area contributed by atoms with Gasteiger partial charge in [-0.2, -0.15) is 0 Å². The fourth-order valence-electron chi connectivity index (χ4n) is 2.72. The second kappa shape index (κ2) is 7.48. The Bertz CT molecular complexity index is 723. The predicted octanol–water partition coefficient (Wildman–Crippen LogP) is 6.03. The molecule has 0 saturated heterocycles. The van der Waals surface area contributed by atoms with Gasteiger partial charge in [-0.05, 0) is 56.2 Å². The number of allylic oxidation sites excluding steroid dienone is 2. The number of hydrogen-bond donors (Lipinski definition) is 0. The van der Waals surface area contributed by atoms with Crippen molar-refractivity contribution < 1.29 is 4.39 Å². The number of rotatable bonds is 6. The molecule has 0 aliphatic carbocycles. The number of anilines is 1. The number of para-hydroxylation sites is 1. The Morgan fingerprint density at radius 1 is 1.12 bits per heavy atom. The summed E-state index contributed by atoms with van der Waals surface area (Å²) in [5.74, 6) is 0. The van der Waals surface area contributed by atoms with E-state index in [2.05, 4.69) is 41.8 Å². The molecule has 0 heterocycles. The van der Waals surface area contributed by atoms with Crippen LogP contribution in [0, 0.1) is 0 Å². The lowest BCUT2D eigenvalue weighted by atomic mass is 9.97. The Labute approximate surface area is 145 Å². The summed E-state index contributed by atoms with van der Waals surface area (Å²) < 4.78 is 14.0. The van der Waals surface area contributed by atoms with E-state index in [1.807, 2.05) is 44.3 Å². The molecule has 24 heavy (non-hydrogen) atoms. The Hall–Kier alpha value is -2.35. The van der Waals surface area contributed by atoms with E-state index in [0.29, 0.717) is 6.42 Å². The third-order valence-electron chi connectivity index (χ3n) is 3.74. The number of alkyl halides is 1. The lowest BCUT2D eigenvalue weighted by Gasteiger charge is -2.24. The van der Waals surface area contributed by atoms with Crippen LogP contribution >= 0.6 is 0 Å². The Morgan fingerprint density at radius 2 is 1.79 bits per heavy atom. The molecule has 0 aliphatic rings. The number of nitrogens with zero attached hydrogens (tertiary/aromatic N) is 1. The summed E-state index contributed by atoms with van der Waals surface area (Å²) in [5.41, 5.74) is 3.96. The summed E-state index contributed by atoms with van der Waals surface area (Å²) in [5, 5.41) is 0. The van der Waals surface area contributed by atoms with Gasteiger partial charge in [-0.1, -0.05) is 48.6 Å². The maximum absolute atomic E-state index is 14.0. The standard InChI is InChI=1S/C22H26FN/c1-17(2)14-21(24(5)20-12-7-6-8-13-20)19-11-9-10-18(15-19)16-22(3,4)23/h6-15H,1,16H2,2-5H3/b21-14-. The lowest BCUT2D eigenvalue weighted by Crippen LogP contribution is -2.17. The third-order valence-corrected chi connectivity index (χ3v) is 3.74. The molecule has 0 saturated carbocycles. The quantitative estimate of drug-likeness (QED) is 0.587. The van der Waals surface area contributed by atoms with Crippen LogP contribution in [-0.2, 0) is 6.42 Å². The second-order valence-corrected chi connectivity index (χ2v) is 6.87. The van der Waals surface area contributed by atoms with E-state index < -0.39 is 5.67 Å². The van der Waals surface area contributed by atoms with Gasteiger partial charge in [0.25, 0.3) is 0 Å². The minimum atomic E-state index is -1.22. The van der Waals surface area contributed by atoms with E-state index in [9.17, 15) is 4.39 Å². The van der Waals surface area contributed by atoms with Crippen molar-refractivity contribution in [2.45, 2.75) is 32.9 Å². The van der Waals surface area contributed by atoms with E-state index in [1.54, 1.807) is 13.8 Å². The molecule has 2 rings (SSSR count). The van der Waals surface area contributed by atoms with Gasteiger partial charge < -0.3 is 4.90 Å². The molecule has 0 unspecified atom stereocenters. The van der Waals surface area contributed by atoms with Crippen LogP contribution in [0.5, 0.6) is 0 Å². The zero-order chi connectivity index (χ0) is 17.7. The summed E-state index contributed by atoms with van der Waals surface area (Å²) in [7, 11) is 2.04. The number of halogens is 1. The maximum Gasteiger partial charge on any atom is 0.109 e. The van der Waals surface area contributed by atoms with Crippen LogP contribution < -0.4 is 4.90 Å². The molecule has 0 radical (unpaired) electrons. The summed E-state index contributed by atoms with van der Waals surface area (Å²) in [6, 6.07) is 18.3. The van der Waals surface area contributed by atoms with Crippen LogP contribution in [0.25, 0.3) is 5.70 Å². The van der Waals surface area contributed by atoms with E-state index in [4.69, 9.17) is 0 Å². The van der Waals surface area contributed by atoms with Gasteiger partial charge in [-0.15, -0.1) is 0 Å². The second-order valence-electron chi connectivity index (χ2n) is 6.87. The normalized spacial score (nSPS) is 12.1. The fraction of sp³-hybridized carbons (Fsp3) is 0.273. The molecular weight excluding hydrogens is 297 g/mol. The van der Waals surface area contributed by atoms with Crippen LogP contribution in [-0.4, -0.2) is 12.7 Å². The topological polar surface area (TPSA) is 3.24 Å². The van der Waals surface area contributed by atoms with Gasteiger partial charge in [0.05, 0.1) is 0 Å². The van der Waals surface area contributed by atoms with E-state index >= 15 is 0 Å². The number of hydrogen-bond acceptors (Lipinski definition) is 1. The van der Waals surface area contributed by atoms with Crippen molar-refractivity contribution >= 4 is 11.4 Å². The van der Waals surface area contributed by atoms with Crippen molar-refractivity contribution in [3.8, 4) is 0 Å². The van der Waals surface area contributed by atoms with Gasteiger partial charge in [-0.25, -0.2) is 4.39 Å². The van der Waals surface area contributed by atoms with Crippen molar-refractivity contribution in [1.29, 1.82) is 0 Å². The van der Waals surface area contributed by atoms with Gasteiger partial charge >= 0.3 is 0 Å². The van der Waals surface area contributed by atoms with Crippen LogP contribution in [0.3, 0.4) is 0 Å². The average molecular weight is 323 g/mol. The molecule has 2 heteroatoms. The average Bonchev–Trinajstić information content (AvgIpc) is 2.51. The van der Waals surface area contributed by atoms with Crippen molar-refractivity contribution in [3.05, 3.63) is 84.0 Å². The van der Waals surface area contributed by atoms with Crippen molar-refractivity contribution in [2.24, 2.45) is 0 Å². The first-order valence-electron chi connectivity index (χ1n) is 8.20. The third kappa shape index (κ3) is 5.09. The Kier molecular flexibility index (Phi) is 5.61. The van der Waals surface area contributed by atoms with Crippen LogP contribution in [0.4, 0.5) is 10.1 Å². The Morgan fingerprint density at radius 3 is 2.38 bits per heavy atom. The number of benzene rings is 2. The molecule has 0 fully saturated rings. The van der Waals surface area contributed by atoms with Gasteiger partial charge in [0.2, 0.25) is 0 Å². The summed E-state index contributed by atoms with van der Waals surface area (Å²) in [6.45, 7) is 9.22. The minimum absolute atomic E-state index is 0.399. The minimum Gasteiger partial charge on any atom is -0.344 e. The molecular formula is C22H26FN. The van der Waals surface area contributed by atoms with Gasteiger partial charge in [-0.3, -0.25) is 0 Å². The molecule has 126 valence electrons. The first-order chi connectivity index (χ1) is 11.3. The SMILES string of the molecule is C=C(C)/C=C(/c1cccc(CC(C)(C)F)c1)N(C)c1ccccc1. The smallest absolute Gasteiger partial charge is 0.109 e. The zero-order valence-corrected chi connectivity index (χ0v) is 15.0. The molecule has 0 aliphatic heterocycles. The highest BCUT2D eigenvalue weighted by Gasteiger charge is 2.17. The molecule has 0 amide bonds. The molecule has 0 N–H and O–H groups in total. The van der Waals surface area contributed by atoms with Crippen LogP contribution in [0.1, 0.15) is 31.9 Å². The predicted molar refractivity (Wildman–Crippen MR) is 103 cm³/mol. The molecule has 0 bridgehead atoms. The van der Waals surface area contributed by atoms with E-state index in [1.165, 1.54) is 0 Å². The molecule has 0 spiro atoms. The molecule has 1 nitrogen and oxygen atoms in total. The first kappa shape index (κ1) is 18.0. The molecule has 2 aromatic carbocycles. The molecule has 0 aromatic heterocycles. The van der Waals surface area contributed by atoms with E-state index in [0.717, 1.165) is 28.1 Å². The van der Waals surface area contributed by atoms with E-state index in [-0.39, 0.29) is 0 Å². The van der Waals surface area contributed by atoms with Crippen LogP contribution in [0.2, 0.25) is 0 Å². The summed E-state index contributed by atoms with van der Waals surface area (Å²) in [6.07, 6.45) is 2.46. The van der Waals surface area contributed by atoms with Gasteiger partial charge in [0.15, 0.2) is 0 Å². The Balaban J connectivity index is 2.43. The summed E-state index contributed by atoms with van der Waals surface area (Å²) in [4.78, 5) is 2.13. The highest BCUT2D eigenvalue weighted by molar-refractivity contribution is 5.80. The first-order valence-corrected chi connectivity index (χ1v) is 8.20. The van der Waals surface area contributed by atoms with Gasteiger partial charge in [0, 0.05) is 24.9 Å². The van der Waals surface area contributed by atoms with Crippen molar-refractivity contribution in [3.63, 3.8) is 0 Å². The zero-order valence-electron chi connectivity index (χ0n) is 15.0. The monoisotopic (exact) mass is 323 g/mol. The summed E-state index contributed by atoms with van der Waals surface area (Å²) >= 11 is 0. The van der Waals surface area contributed by atoms with Crippen molar-refractivity contribution in [2.75, 3.05) is 11.9 Å². The van der Waals surface area contributed by atoms with Crippen LogP contribution in [0.15, 0.2) is 72.8 Å². The fourth-order valence-corrected chi connectivity index (χ4v) is 2.72. The lowest BCUT2D eigenvalue weighted by molar-refractivity contribution is 0.217. The molecule has 0 atom stereocenters. The molecule has 2 aromatic rings. The maximum atomic E-state index is 14.0. The highest BCUT2D eigenvalue weighted by Crippen LogP contribution is 2.27. The highest BCUT2D eigenvalue weighted by atomic mass is 19.1. The van der Waals surface area contributed by atoms with Gasteiger partial charge in [0.1, 0.15) is 5.67 Å². The largest absolute Gasteiger partial charge is 0.344 e. The van der Waals surface area contributed by atoms with Crippen molar-refractivity contribution in [1.82, 2.24) is 0 Å².